The van der Waals surface area contributed by atoms with Crippen molar-refractivity contribution in [2.75, 3.05) is 4.72 Å². The van der Waals surface area contributed by atoms with E-state index in [0.29, 0.717) is 36.3 Å². The van der Waals surface area contributed by atoms with Gasteiger partial charge in [-0.1, -0.05) is 30.3 Å². The molecular formula is C22H28BNO5S. The van der Waals surface area contributed by atoms with Crippen LogP contribution in [-0.2, 0) is 25.9 Å². The number of hydrogen-bond donors (Lipinski definition) is 1. The van der Waals surface area contributed by atoms with Crippen LogP contribution in [0.4, 0.5) is 5.69 Å². The van der Waals surface area contributed by atoms with Crippen LogP contribution >= 0.6 is 0 Å². The van der Waals surface area contributed by atoms with Crippen LogP contribution in [0.2, 0.25) is 0 Å². The van der Waals surface area contributed by atoms with Crippen LogP contribution in [0.5, 0.6) is 5.75 Å². The van der Waals surface area contributed by atoms with Gasteiger partial charge in [-0.2, -0.15) is 0 Å². The van der Waals surface area contributed by atoms with E-state index in [1.54, 1.807) is 18.2 Å². The van der Waals surface area contributed by atoms with Gasteiger partial charge in [-0.05, 0) is 64.3 Å². The fraction of sp³-hybridized carbons (Fsp3) is 0.455. The highest BCUT2D eigenvalue weighted by Crippen LogP contribution is 2.37. The first-order valence-electron chi connectivity index (χ1n) is 10.3. The number of sulfonamides is 1. The molecule has 1 heterocycles. The van der Waals surface area contributed by atoms with Gasteiger partial charge in [0.15, 0.2) is 0 Å². The molecule has 0 spiro atoms. The molecule has 4 rings (SSSR count). The maximum atomic E-state index is 12.4. The van der Waals surface area contributed by atoms with Crippen molar-refractivity contribution in [2.45, 2.75) is 63.6 Å². The molecule has 2 fully saturated rings. The average Bonchev–Trinajstić information content (AvgIpc) is 3.49. The highest BCUT2D eigenvalue weighted by molar-refractivity contribution is 7.93. The molecule has 1 aliphatic heterocycles. The minimum Gasteiger partial charge on any atom is -0.489 e. The van der Waals surface area contributed by atoms with Crippen LogP contribution < -0.4 is 14.9 Å². The lowest BCUT2D eigenvalue weighted by molar-refractivity contribution is 0.00578. The maximum absolute atomic E-state index is 12.4. The van der Waals surface area contributed by atoms with Gasteiger partial charge in [-0.25, -0.2) is 8.42 Å². The summed E-state index contributed by atoms with van der Waals surface area (Å²) in [5.41, 5.74) is 1.16. The van der Waals surface area contributed by atoms with E-state index in [0.717, 1.165) is 5.56 Å². The Morgan fingerprint density at radius 3 is 2.27 bits per heavy atom. The summed E-state index contributed by atoms with van der Waals surface area (Å²) in [6.45, 7) is 8.32. The Morgan fingerprint density at radius 1 is 1.03 bits per heavy atom. The van der Waals surface area contributed by atoms with E-state index >= 15 is 0 Å². The quantitative estimate of drug-likeness (QED) is 0.683. The summed E-state index contributed by atoms with van der Waals surface area (Å²) in [5.74, 6) is 0.603. The minimum absolute atomic E-state index is 0.299. The SMILES string of the molecule is CC1(C)OB(c2cc(NS(=O)(=O)C3CC3)ccc2OCc2ccccc2)OC1(C)C. The van der Waals surface area contributed by atoms with Crippen molar-refractivity contribution in [1.82, 2.24) is 0 Å². The first kappa shape index (κ1) is 21.2. The highest BCUT2D eigenvalue weighted by atomic mass is 32.2. The Kier molecular flexibility index (Phi) is 5.37. The largest absolute Gasteiger partial charge is 0.498 e. The zero-order valence-electron chi connectivity index (χ0n) is 17.8. The molecule has 0 atom stereocenters. The first-order valence-corrected chi connectivity index (χ1v) is 11.8. The van der Waals surface area contributed by atoms with Crippen LogP contribution in [0.15, 0.2) is 48.5 Å². The summed E-state index contributed by atoms with van der Waals surface area (Å²) in [6, 6.07) is 15.1. The Hall–Kier alpha value is -2.03. The van der Waals surface area contributed by atoms with Gasteiger partial charge in [0.2, 0.25) is 10.0 Å². The summed E-state index contributed by atoms with van der Waals surface area (Å²) in [7, 11) is -4.03. The Bertz CT molecular complexity index is 1000. The molecule has 2 aromatic carbocycles. The molecular weight excluding hydrogens is 401 g/mol. The van der Waals surface area contributed by atoms with Crippen molar-refractivity contribution in [1.29, 1.82) is 0 Å². The third-order valence-corrected chi connectivity index (χ3v) is 7.85. The monoisotopic (exact) mass is 429 g/mol. The smallest absolute Gasteiger partial charge is 0.489 e. The second-order valence-corrected chi connectivity index (χ2v) is 10.9. The van der Waals surface area contributed by atoms with Crippen LogP contribution in [0.1, 0.15) is 46.1 Å². The second-order valence-electron chi connectivity index (χ2n) is 8.96. The number of benzene rings is 2. The van der Waals surface area contributed by atoms with E-state index in [-0.39, 0.29) is 5.25 Å². The van der Waals surface area contributed by atoms with Gasteiger partial charge in [0, 0.05) is 11.2 Å². The average molecular weight is 429 g/mol. The molecule has 30 heavy (non-hydrogen) atoms. The first-order chi connectivity index (χ1) is 14.1. The molecule has 1 aliphatic carbocycles. The third-order valence-electron chi connectivity index (χ3n) is 5.98. The number of rotatable bonds is 7. The lowest BCUT2D eigenvalue weighted by Crippen LogP contribution is -2.41. The van der Waals surface area contributed by atoms with Gasteiger partial charge in [0.1, 0.15) is 12.4 Å². The zero-order chi connectivity index (χ0) is 21.6. The number of ether oxygens (including phenoxy) is 1. The van der Waals surface area contributed by atoms with Crippen LogP contribution in [0, 0.1) is 0 Å². The Balaban J connectivity index is 1.63. The molecule has 1 N–H and O–H groups in total. The molecule has 0 radical (unpaired) electrons. The van der Waals surface area contributed by atoms with Crippen molar-refractivity contribution in [3.63, 3.8) is 0 Å². The van der Waals surface area contributed by atoms with Crippen molar-refractivity contribution in [2.24, 2.45) is 0 Å². The fourth-order valence-corrected chi connectivity index (χ4v) is 4.64. The predicted octanol–water partition coefficient (Wildman–Crippen LogP) is 3.47. The summed E-state index contributed by atoms with van der Waals surface area (Å²) < 4.78 is 46.0. The number of hydrogen-bond acceptors (Lipinski definition) is 5. The molecule has 8 heteroatoms. The third kappa shape index (κ3) is 4.36. The summed E-state index contributed by atoms with van der Waals surface area (Å²) in [6.07, 6.45) is 1.41. The van der Waals surface area contributed by atoms with Crippen LogP contribution in [-0.4, -0.2) is 32.0 Å². The standard InChI is InChI=1S/C22H28BNO5S/c1-21(2)22(3,4)29-23(28-21)19-14-17(24-30(25,26)18-11-12-18)10-13-20(19)27-15-16-8-6-5-7-9-16/h5-10,13-14,18,24H,11-12,15H2,1-4H3. The highest BCUT2D eigenvalue weighted by Gasteiger charge is 2.52. The van der Waals surface area contributed by atoms with Crippen molar-refractivity contribution >= 4 is 28.3 Å². The maximum Gasteiger partial charge on any atom is 0.498 e. The van der Waals surface area contributed by atoms with Crippen LogP contribution in [0.3, 0.4) is 0 Å². The van der Waals surface area contributed by atoms with Crippen molar-refractivity contribution in [3.8, 4) is 5.75 Å². The van der Waals surface area contributed by atoms with Gasteiger partial charge in [0.25, 0.3) is 0 Å². The van der Waals surface area contributed by atoms with Gasteiger partial charge in [-0.3, -0.25) is 4.72 Å². The van der Waals surface area contributed by atoms with E-state index in [1.807, 2.05) is 58.0 Å². The topological polar surface area (TPSA) is 73.9 Å². The van der Waals surface area contributed by atoms with Crippen molar-refractivity contribution < 1.29 is 22.5 Å². The Labute approximate surface area is 179 Å². The molecule has 6 nitrogen and oxygen atoms in total. The molecule has 0 amide bonds. The fourth-order valence-electron chi connectivity index (χ4n) is 3.26. The van der Waals surface area contributed by atoms with E-state index < -0.39 is 28.3 Å². The molecule has 2 aromatic rings. The molecule has 1 saturated carbocycles. The molecule has 0 unspecified atom stereocenters. The van der Waals surface area contributed by atoms with E-state index in [2.05, 4.69) is 4.72 Å². The van der Waals surface area contributed by atoms with E-state index in [4.69, 9.17) is 14.0 Å². The molecule has 0 aromatic heterocycles. The molecule has 0 bridgehead atoms. The number of nitrogens with one attached hydrogen (secondary N) is 1. The summed E-state index contributed by atoms with van der Waals surface area (Å²) in [5, 5.41) is -0.299. The van der Waals surface area contributed by atoms with Crippen molar-refractivity contribution in [3.05, 3.63) is 54.1 Å². The van der Waals surface area contributed by atoms with E-state index in [9.17, 15) is 8.42 Å². The van der Waals surface area contributed by atoms with Gasteiger partial charge in [0.05, 0.1) is 16.5 Å². The lowest BCUT2D eigenvalue weighted by atomic mass is 9.78. The minimum atomic E-state index is -3.37. The summed E-state index contributed by atoms with van der Waals surface area (Å²) in [4.78, 5) is 0. The Morgan fingerprint density at radius 2 is 1.67 bits per heavy atom. The van der Waals surface area contributed by atoms with Gasteiger partial charge < -0.3 is 14.0 Å². The molecule has 1 saturated heterocycles. The second kappa shape index (κ2) is 7.59. The summed E-state index contributed by atoms with van der Waals surface area (Å²) >= 11 is 0. The van der Waals surface area contributed by atoms with Gasteiger partial charge in [-0.15, -0.1) is 0 Å². The lowest BCUT2D eigenvalue weighted by Gasteiger charge is -2.32. The zero-order valence-corrected chi connectivity index (χ0v) is 18.7. The van der Waals surface area contributed by atoms with Crippen LogP contribution in [0.25, 0.3) is 0 Å². The predicted molar refractivity (Wildman–Crippen MR) is 118 cm³/mol. The van der Waals surface area contributed by atoms with E-state index in [1.165, 1.54) is 0 Å². The number of anilines is 1. The molecule has 2 aliphatic rings. The normalized spacial score (nSPS) is 20.2. The molecule has 160 valence electrons. The van der Waals surface area contributed by atoms with Gasteiger partial charge >= 0.3 is 7.12 Å².